The van der Waals surface area contributed by atoms with E-state index in [1.54, 1.807) is 47.8 Å². The Hall–Kier alpha value is -3.72. The molecule has 1 unspecified atom stereocenters. The third-order valence-electron chi connectivity index (χ3n) is 16.9. The lowest BCUT2D eigenvalue weighted by Crippen LogP contribution is -2.61. The topological polar surface area (TPSA) is 220 Å². The molecule has 18 heteroatoms. The molecule has 3 saturated heterocycles. The van der Waals surface area contributed by atoms with E-state index in [2.05, 4.69) is 6.92 Å². The molecule has 4 heterocycles. The van der Waals surface area contributed by atoms with Gasteiger partial charge in [0.05, 0.1) is 37.6 Å². The largest absolute Gasteiger partial charge is 0.460 e. The number of nitrogens with zero attached hydrogens (tertiary/aromatic N) is 1. The highest BCUT2D eigenvalue weighted by atomic mass is 28.4. The average molecular weight is 1130 g/mol. The number of hydrogen-bond acceptors (Lipinski definition) is 16. The summed E-state index contributed by atoms with van der Waals surface area (Å²) in [6, 6.07) is -1.19. The summed E-state index contributed by atoms with van der Waals surface area (Å²) in [7, 11) is 0.765. The molecular weight excluding hydrogens is 1030 g/mol. The number of carbonyl (C=O) groups is 6. The van der Waals surface area contributed by atoms with Crippen LogP contribution in [0.4, 0.5) is 0 Å². The number of fused-ring (bicyclic) bond motifs is 3. The van der Waals surface area contributed by atoms with Gasteiger partial charge < -0.3 is 52.7 Å². The Kier molecular flexibility index (Phi) is 23.8. The number of methoxy groups -OCH3 is 2. The number of rotatable bonds is 9. The first-order valence-corrected chi connectivity index (χ1v) is 32.5. The molecule has 17 nitrogen and oxygen atoms in total. The Morgan fingerprint density at radius 3 is 2.19 bits per heavy atom. The fourth-order valence-corrected chi connectivity index (χ4v) is 12.9. The van der Waals surface area contributed by atoms with Crippen molar-refractivity contribution in [3.8, 4) is 0 Å². The van der Waals surface area contributed by atoms with Crippen LogP contribution in [-0.4, -0.2) is 153 Å². The first-order valence-electron chi connectivity index (χ1n) is 29.1. The van der Waals surface area contributed by atoms with Crippen LogP contribution in [0.5, 0.6) is 0 Å². The minimum absolute atomic E-state index is 0.0336. The molecular formula is C61H97NO16Si. The van der Waals surface area contributed by atoms with Crippen molar-refractivity contribution in [3.63, 3.8) is 0 Å². The number of amides is 1. The van der Waals surface area contributed by atoms with Crippen molar-refractivity contribution in [2.24, 2.45) is 40.9 Å². The van der Waals surface area contributed by atoms with Gasteiger partial charge in [-0.15, -0.1) is 0 Å². The number of ketones is 3. The van der Waals surface area contributed by atoms with Crippen LogP contribution < -0.4 is 0 Å². The Bertz CT molecular complexity index is 2240. The Morgan fingerprint density at radius 2 is 1.56 bits per heavy atom. The smallest absolute Gasteiger partial charge is 0.329 e. The minimum Gasteiger partial charge on any atom is -0.460 e. The fraction of sp³-hybridized carbons (Fsp3) is 0.770. The van der Waals surface area contributed by atoms with Crippen LogP contribution in [0, 0.1) is 40.9 Å². The van der Waals surface area contributed by atoms with Crippen molar-refractivity contribution < 1.29 is 76.6 Å². The second-order valence-corrected chi connectivity index (χ2v) is 30.0. The fourth-order valence-electron chi connectivity index (χ4n) is 11.7. The van der Waals surface area contributed by atoms with Crippen molar-refractivity contribution in [3.05, 3.63) is 47.6 Å². The number of aliphatic hydroxyl groups is 2. The maximum atomic E-state index is 14.7. The molecule has 2 N–H and O–H groups in total. The second-order valence-electron chi connectivity index (χ2n) is 25.5. The monoisotopic (exact) mass is 1130 g/mol. The molecule has 0 spiro atoms. The molecule has 0 aromatic heterocycles. The average Bonchev–Trinajstić information content (AvgIpc) is 3.39. The zero-order valence-electron chi connectivity index (χ0n) is 50.2. The van der Waals surface area contributed by atoms with E-state index in [4.69, 9.17) is 37.6 Å². The highest BCUT2D eigenvalue weighted by Gasteiger charge is 2.53. The van der Waals surface area contributed by atoms with Gasteiger partial charge in [-0.1, -0.05) is 71.1 Å². The first-order chi connectivity index (χ1) is 36.9. The summed E-state index contributed by atoms with van der Waals surface area (Å²) in [5.74, 6) is -9.33. The molecule has 1 aliphatic carbocycles. The molecule has 2 bridgehead atoms. The van der Waals surface area contributed by atoms with Gasteiger partial charge in [-0.3, -0.25) is 24.0 Å². The van der Waals surface area contributed by atoms with Gasteiger partial charge in [0.2, 0.25) is 5.79 Å². The number of carbonyl (C=O) groups excluding carboxylic acids is 6. The summed E-state index contributed by atoms with van der Waals surface area (Å²) in [6.45, 7) is 24.7. The van der Waals surface area contributed by atoms with Crippen molar-refractivity contribution in [1.29, 1.82) is 0 Å². The van der Waals surface area contributed by atoms with E-state index in [0.717, 1.165) is 5.57 Å². The SMILES string of the molecule is CO[C@H]1C[C@@H]2CC[C@@H](C)[C@@](O)(O2)C(=O)C(=O)N2CCCC[C@H]2C(=O)O[C@H]([C@H](C)C[C@@H]2CC[C@@H](OC(=O)C3(C)COC(C)(C)OC3)[C@H](O)C2)CC(=O)C(C)=CC(C)[C@@H](O[Si](C)(C)C)[C@@H](OC)C(=O)[C@H](C)C[C@H](C)C=CC=CC=C1C. The summed E-state index contributed by atoms with van der Waals surface area (Å²) in [5, 5.41) is 23.5. The van der Waals surface area contributed by atoms with Gasteiger partial charge >= 0.3 is 11.9 Å². The first kappa shape index (κ1) is 66.1. The zero-order valence-corrected chi connectivity index (χ0v) is 51.2. The lowest BCUT2D eigenvalue weighted by molar-refractivity contribution is -0.283. The Labute approximate surface area is 472 Å². The van der Waals surface area contributed by atoms with Gasteiger partial charge in [-0.05, 0) is 147 Å². The molecule has 0 aromatic rings. The molecule has 4 aliphatic heterocycles. The van der Waals surface area contributed by atoms with E-state index in [1.807, 2.05) is 77.7 Å². The van der Waals surface area contributed by atoms with Crippen LogP contribution in [0.15, 0.2) is 47.6 Å². The molecule has 5 rings (SSSR count). The third kappa shape index (κ3) is 17.9. The van der Waals surface area contributed by atoms with E-state index in [1.165, 1.54) is 12.0 Å². The number of piperidine rings is 1. The maximum absolute atomic E-state index is 14.7. The summed E-state index contributed by atoms with van der Waals surface area (Å²) in [4.78, 5) is 87.2. The van der Waals surface area contributed by atoms with E-state index in [0.29, 0.717) is 63.4 Å². The van der Waals surface area contributed by atoms with Gasteiger partial charge in [-0.2, -0.15) is 0 Å². The number of esters is 2. The van der Waals surface area contributed by atoms with Crippen LogP contribution in [-0.2, 0) is 66.4 Å². The number of ether oxygens (including phenoxy) is 7. The van der Waals surface area contributed by atoms with E-state index < -0.39 is 115 Å². The van der Waals surface area contributed by atoms with Crippen LogP contribution in [0.3, 0.4) is 0 Å². The number of hydrogen-bond donors (Lipinski definition) is 2. The van der Waals surface area contributed by atoms with Crippen molar-refractivity contribution in [2.45, 2.75) is 226 Å². The predicted molar refractivity (Wildman–Crippen MR) is 301 cm³/mol. The quantitative estimate of drug-likeness (QED) is 0.125. The van der Waals surface area contributed by atoms with Crippen LogP contribution in [0.2, 0.25) is 19.6 Å². The third-order valence-corrected chi connectivity index (χ3v) is 17.9. The number of Topliss-reactive ketones (excluding diaryl/α,β-unsaturated/α-hetero) is 3. The molecule has 4 fully saturated rings. The molecule has 79 heavy (non-hydrogen) atoms. The molecule has 1 amide bonds. The van der Waals surface area contributed by atoms with E-state index >= 15 is 0 Å². The highest BCUT2D eigenvalue weighted by Crippen LogP contribution is 2.39. The highest BCUT2D eigenvalue weighted by molar-refractivity contribution is 6.69. The van der Waals surface area contributed by atoms with Crippen LogP contribution in [0.25, 0.3) is 0 Å². The van der Waals surface area contributed by atoms with E-state index in [9.17, 15) is 39.0 Å². The number of aliphatic hydroxyl groups excluding tert-OH is 1. The summed E-state index contributed by atoms with van der Waals surface area (Å²) in [5.41, 5.74) is 0.206. The van der Waals surface area contributed by atoms with Crippen molar-refractivity contribution in [1.82, 2.24) is 4.90 Å². The molecule has 0 aromatic carbocycles. The van der Waals surface area contributed by atoms with Gasteiger partial charge in [0, 0.05) is 51.4 Å². The van der Waals surface area contributed by atoms with Gasteiger partial charge in [0.1, 0.15) is 29.8 Å². The maximum Gasteiger partial charge on any atom is 0.329 e. The van der Waals surface area contributed by atoms with Crippen molar-refractivity contribution in [2.75, 3.05) is 34.0 Å². The second kappa shape index (κ2) is 28.5. The predicted octanol–water partition coefficient (Wildman–Crippen LogP) is 8.73. The zero-order chi connectivity index (χ0) is 58.8. The number of cyclic esters (lactones) is 1. The molecule has 5 aliphatic rings. The summed E-state index contributed by atoms with van der Waals surface area (Å²) < 4.78 is 48.6. The van der Waals surface area contributed by atoms with Gasteiger partial charge in [0.15, 0.2) is 25.7 Å². The van der Waals surface area contributed by atoms with Crippen LogP contribution >= 0.6 is 0 Å². The molecule has 446 valence electrons. The lowest BCUT2D eigenvalue weighted by Gasteiger charge is -2.42. The van der Waals surface area contributed by atoms with Crippen molar-refractivity contribution >= 4 is 43.5 Å². The normalized spacial score (nSPS) is 35.9. The molecule has 0 radical (unpaired) electrons. The Balaban J connectivity index is 1.47. The van der Waals surface area contributed by atoms with Crippen LogP contribution in [0.1, 0.15) is 146 Å². The lowest BCUT2D eigenvalue weighted by atomic mass is 9.78. The standard InChI is InChI=1S/C61H97NO16Si/c1-37-21-17-16-18-22-38(2)50(71-11)33-45-26-24-43(7)61(70,77-45)55(66)56(67)62-28-20-19-23-46(62)57(68)75-51(34-47(63)39(3)30-42(6)53(78-79(13,14)15)54(72-12)52(65)41(5)29-37)40(4)31-44-25-27-49(48(64)32-44)76-58(69)60(10)35-73-59(8,9)74-36-60/h16-18,21-22,30,37,40-46,48-51,53-54,64,70H,19-20,23-29,31-36H2,1-15H3/t37-,40-,41-,42?,43-,44+,45+,46+,48-,49-,50+,51+,53-,54+,61-/m1/s1. The number of allylic oxidation sites excluding steroid dienone is 6. The van der Waals surface area contributed by atoms with Gasteiger partial charge in [-0.25, -0.2) is 4.79 Å². The summed E-state index contributed by atoms with van der Waals surface area (Å²) in [6.07, 6.45) is 10.5. The molecule has 1 saturated carbocycles. The van der Waals surface area contributed by atoms with Gasteiger partial charge in [0.25, 0.3) is 11.7 Å². The minimum atomic E-state index is -2.46. The molecule has 15 atom stereocenters. The Morgan fingerprint density at radius 1 is 0.873 bits per heavy atom. The summed E-state index contributed by atoms with van der Waals surface area (Å²) >= 11 is 0. The van der Waals surface area contributed by atoms with E-state index in [-0.39, 0.29) is 68.3 Å².